The minimum absolute atomic E-state index is 0.472. The van der Waals surface area contributed by atoms with Gasteiger partial charge in [0.25, 0.3) is 0 Å². The van der Waals surface area contributed by atoms with Crippen molar-refractivity contribution in [2.24, 2.45) is 5.92 Å². The van der Waals surface area contributed by atoms with Gasteiger partial charge in [-0.25, -0.2) is 0 Å². The van der Waals surface area contributed by atoms with Gasteiger partial charge in [-0.15, -0.1) is 0 Å². The lowest BCUT2D eigenvalue weighted by molar-refractivity contribution is 0.484. The van der Waals surface area contributed by atoms with Gasteiger partial charge in [-0.3, -0.25) is 0 Å². The summed E-state index contributed by atoms with van der Waals surface area (Å²) in [5.74, 6) is 0.758. The van der Waals surface area contributed by atoms with Crippen LogP contribution in [-0.2, 0) is 0 Å². The summed E-state index contributed by atoms with van der Waals surface area (Å²) in [5, 5.41) is 3.48. The van der Waals surface area contributed by atoms with E-state index < -0.39 is 0 Å². The zero-order chi connectivity index (χ0) is 12.1. The molecule has 90 valence electrons. The lowest BCUT2D eigenvalue weighted by Gasteiger charge is -2.20. The van der Waals surface area contributed by atoms with Crippen molar-refractivity contribution in [1.82, 2.24) is 0 Å². The fourth-order valence-corrected chi connectivity index (χ4v) is 1.91. The van der Waals surface area contributed by atoms with Crippen LogP contribution in [0.5, 0.6) is 0 Å². The summed E-state index contributed by atoms with van der Waals surface area (Å²) >= 11 is 0. The predicted molar refractivity (Wildman–Crippen MR) is 72.7 cm³/mol. The molecule has 1 rings (SSSR count). The van der Waals surface area contributed by atoms with Crippen molar-refractivity contribution < 1.29 is 0 Å². The fourth-order valence-electron chi connectivity index (χ4n) is 1.91. The largest absolute Gasteiger partial charge is 0.397 e. The van der Waals surface area contributed by atoms with Crippen molar-refractivity contribution in [3.05, 3.63) is 23.8 Å². The monoisotopic (exact) mass is 220 g/mol. The van der Waals surface area contributed by atoms with Gasteiger partial charge in [0, 0.05) is 6.04 Å². The number of anilines is 2. The van der Waals surface area contributed by atoms with Crippen LogP contribution in [-0.4, -0.2) is 6.04 Å². The van der Waals surface area contributed by atoms with E-state index in [1.165, 1.54) is 18.4 Å². The first kappa shape index (κ1) is 12.9. The molecule has 0 radical (unpaired) electrons. The highest BCUT2D eigenvalue weighted by Crippen LogP contribution is 2.22. The molecule has 2 unspecified atom stereocenters. The number of nitrogens with one attached hydrogen (secondary N) is 1. The van der Waals surface area contributed by atoms with E-state index in [0.29, 0.717) is 6.04 Å². The molecule has 0 aromatic heterocycles. The van der Waals surface area contributed by atoms with Crippen molar-refractivity contribution in [1.29, 1.82) is 0 Å². The lowest BCUT2D eigenvalue weighted by atomic mass is 10.00. The third kappa shape index (κ3) is 3.76. The van der Waals surface area contributed by atoms with Crippen molar-refractivity contribution >= 4 is 11.4 Å². The van der Waals surface area contributed by atoms with Gasteiger partial charge in [-0.05, 0) is 43.9 Å². The average molecular weight is 220 g/mol. The summed E-state index contributed by atoms with van der Waals surface area (Å²) in [7, 11) is 0. The topological polar surface area (TPSA) is 38.0 Å². The standard InChI is InChI=1S/C14H24N2/c1-5-10(2)8-12(4)16-14-7-6-11(3)9-13(14)15/h6-7,9-10,12,16H,5,8,15H2,1-4H3. The highest BCUT2D eigenvalue weighted by atomic mass is 14.9. The molecule has 3 N–H and O–H groups in total. The summed E-state index contributed by atoms with van der Waals surface area (Å²) in [6.45, 7) is 8.79. The van der Waals surface area contributed by atoms with Crippen LogP contribution in [0.15, 0.2) is 18.2 Å². The molecule has 0 fully saturated rings. The number of benzene rings is 1. The van der Waals surface area contributed by atoms with E-state index in [0.717, 1.165) is 17.3 Å². The van der Waals surface area contributed by atoms with Crippen molar-refractivity contribution in [3.63, 3.8) is 0 Å². The Morgan fingerprint density at radius 3 is 2.56 bits per heavy atom. The van der Waals surface area contributed by atoms with Crippen LogP contribution in [0.25, 0.3) is 0 Å². The molecule has 0 aliphatic carbocycles. The summed E-state index contributed by atoms with van der Waals surface area (Å²) in [4.78, 5) is 0. The summed E-state index contributed by atoms with van der Waals surface area (Å²) < 4.78 is 0. The highest BCUT2D eigenvalue weighted by molar-refractivity contribution is 5.67. The lowest BCUT2D eigenvalue weighted by Crippen LogP contribution is -2.19. The summed E-state index contributed by atoms with van der Waals surface area (Å²) in [6.07, 6.45) is 2.42. The maximum Gasteiger partial charge on any atom is 0.0576 e. The molecule has 0 saturated carbocycles. The van der Waals surface area contributed by atoms with E-state index in [2.05, 4.69) is 45.1 Å². The number of hydrogen-bond donors (Lipinski definition) is 2. The van der Waals surface area contributed by atoms with Crippen LogP contribution in [0, 0.1) is 12.8 Å². The summed E-state index contributed by atoms with van der Waals surface area (Å²) in [6, 6.07) is 6.64. The van der Waals surface area contributed by atoms with Crippen LogP contribution in [0.1, 0.15) is 39.2 Å². The molecule has 0 spiro atoms. The van der Waals surface area contributed by atoms with Gasteiger partial charge in [-0.2, -0.15) is 0 Å². The van der Waals surface area contributed by atoms with Gasteiger partial charge in [0.1, 0.15) is 0 Å². The molecular weight excluding hydrogens is 196 g/mol. The third-order valence-electron chi connectivity index (χ3n) is 3.06. The van der Waals surface area contributed by atoms with E-state index in [4.69, 9.17) is 5.73 Å². The Morgan fingerprint density at radius 1 is 1.31 bits per heavy atom. The highest BCUT2D eigenvalue weighted by Gasteiger charge is 2.08. The number of nitrogens with two attached hydrogens (primary N) is 1. The minimum atomic E-state index is 0.472. The smallest absolute Gasteiger partial charge is 0.0576 e. The first-order chi connectivity index (χ1) is 7.52. The second-order valence-corrected chi connectivity index (χ2v) is 4.89. The Bertz CT molecular complexity index is 334. The molecule has 0 bridgehead atoms. The van der Waals surface area contributed by atoms with Gasteiger partial charge >= 0.3 is 0 Å². The van der Waals surface area contributed by atoms with Crippen LogP contribution in [0.2, 0.25) is 0 Å². The number of aryl methyl sites for hydroxylation is 1. The molecule has 1 aromatic rings. The molecule has 0 heterocycles. The van der Waals surface area contributed by atoms with E-state index in [-0.39, 0.29) is 0 Å². The Labute approximate surface area is 99.2 Å². The van der Waals surface area contributed by atoms with Crippen LogP contribution in [0.3, 0.4) is 0 Å². The molecular formula is C14H24N2. The van der Waals surface area contributed by atoms with E-state index in [1.54, 1.807) is 0 Å². The van der Waals surface area contributed by atoms with E-state index in [1.807, 2.05) is 6.07 Å². The maximum absolute atomic E-state index is 5.97. The third-order valence-corrected chi connectivity index (χ3v) is 3.06. The minimum Gasteiger partial charge on any atom is -0.397 e. The van der Waals surface area contributed by atoms with Gasteiger partial charge in [0.05, 0.1) is 11.4 Å². The molecule has 2 nitrogen and oxygen atoms in total. The SMILES string of the molecule is CCC(C)CC(C)Nc1ccc(C)cc1N. The molecule has 0 amide bonds. The quantitative estimate of drug-likeness (QED) is 0.740. The Balaban J connectivity index is 2.59. The van der Waals surface area contributed by atoms with Crippen LogP contribution < -0.4 is 11.1 Å². The number of hydrogen-bond acceptors (Lipinski definition) is 2. The van der Waals surface area contributed by atoms with Gasteiger partial charge in [-0.1, -0.05) is 26.3 Å². The van der Waals surface area contributed by atoms with Gasteiger partial charge < -0.3 is 11.1 Å². The van der Waals surface area contributed by atoms with E-state index >= 15 is 0 Å². The molecule has 2 heteroatoms. The summed E-state index contributed by atoms with van der Waals surface area (Å²) in [5.41, 5.74) is 9.08. The Morgan fingerprint density at radius 2 is 2.00 bits per heavy atom. The zero-order valence-electron chi connectivity index (χ0n) is 10.9. The number of nitrogen functional groups attached to an aromatic ring is 1. The van der Waals surface area contributed by atoms with Crippen molar-refractivity contribution in [2.45, 2.75) is 46.6 Å². The van der Waals surface area contributed by atoms with Gasteiger partial charge in [0.15, 0.2) is 0 Å². The predicted octanol–water partition coefficient (Wildman–Crippen LogP) is 3.81. The fraction of sp³-hybridized carbons (Fsp3) is 0.571. The first-order valence-electron chi connectivity index (χ1n) is 6.15. The van der Waals surface area contributed by atoms with Crippen molar-refractivity contribution in [2.75, 3.05) is 11.1 Å². The van der Waals surface area contributed by atoms with Crippen molar-refractivity contribution in [3.8, 4) is 0 Å². The number of rotatable bonds is 5. The molecule has 2 atom stereocenters. The van der Waals surface area contributed by atoms with Gasteiger partial charge in [0.2, 0.25) is 0 Å². The van der Waals surface area contributed by atoms with Crippen LogP contribution >= 0.6 is 0 Å². The average Bonchev–Trinajstić information content (AvgIpc) is 2.22. The zero-order valence-corrected chi connectivity index (χ0v) is 10.9. The van der Waals surface area contributed by atoms with E-state index in [9.17, 15) is 0 Å². The molecule has 1 aromatic carbocycles. The normalized spacial score (nSPS) is 14.5. The maximum atomic E-state index is 5.97. The second kappa shape index (κ2) is 5.78. The molecule has 0 saturated heterocycles. The molecule has 0 aliphatic rings. The second-order valence-electron chi connectivity index (χ2n) is 4.89. The molecule has 16 heavy (non-hydrogen) atoms. The Kier molecular flexibility index (Phi) is 4.66. The first-order valence-corrected chi connectivity index (χ1v) is 6.15. The van der Waals surface area contributed by atoms with Crippen LogP contribution in [0.4, 0.5) is 11.4 Å². The molecule has 0 aliphatic heterocycles. The Hall–Kier alpha value is -1.18.